The Morgan fingerprint density at radius 2 is 2.18 bits per heavy atom. The van der Waals surface area contributed by atoms with Crippen LogP contribution in [0.15, 0.2) is 45.9 Å². The largest absolute Gasteiger partial charge is 0.474 e. The lowest BCUT2D eigenvalue weighted by Gasteiger charge is -2.17. The topological polar surface area (TPSA) is 95.5 Å². The SMILES string of the molecule is CO/N=C/c1cc(C(Oc2cc3scnc3cc2C)c2nnco2)ncc1F. The number of ether oxygens (including phenoxy) is 1. The summed E-state index contributed by atoms with van der Waals surface area (Å²) in [7, 11) is 1.37. The van der Waals surface area contributed by atoms with Crippen molar-refractivity contribution in [1.29, 1.82) is 0 Å². The number of aromatic nitrogens is 4. The van der Waals surface area contributed by atoms with Crippen molar-refractivity contribution in [1.82, 2.24) is 20.2 Å². The lowest BCUT2D eigenvalue weighted by Crippen LogP contribution is -2.13. The number of rotatable bonds is 6. The Morgan fingerprint density at radius 1 is 1.29 bits per heavy atom. The summed E-state index contributed by atoms with van der Waals surface area (Å²) in [5.74, 6) is 0.256. The summed E-state index contributed by atoms with van der Waals surface area (Å²) in [6, 6.07) is 5.32. The fraction of sp³-hybridized carbons (Fsp3) is 0.167. The van der Waals surface area contributed by atoms with Gasteiger partial charge in [0, 0.05) is 5.56 Å². The summed E-state index contributed by atoms with van der Waals surface area (Å²) in [5.41, 5.74) is 4.11. The zero-order chi connectivity index (χ0) is 19.5. The van der Waals surface area contributed by atoms with E-state index in [4.69, 9.17) is 9.15 Å². The first-order valence-electron chi connectivity index (χ1n) is 8.14. The molecule has 0 aliphatic heterocycles. The van der Waals surface area contributed by atoms with E-state index in [1.807, 2.05) is 19.1 Å². The van der Waals surface area contributed by atoms with Gasteiger partial charge in [-0.15, -0.1) is 21.5 Å². The highest BCUT2D eigenvalue weighted by Crippen LogP contribution is 2.32. The molecule has 0 aliphatic rings. The van der Waals surface area contributed by atoms with E-state index >= 15 is 0 Å². The van der Waals surface area contributed by atoms with E-state index in [0.29, 0.717) is 11.4 Å². The van der Waals surface area contributed by atoms with Crippen molar-refractivity contribution in [2.75, 3.05) is 7.11 Å². The molecular formula is C18H14FN5O3S. The van der Waals surface area contributed by atoms with Crippen molar-refractivity contribution in [3.63, 3.8) is 0 Å². The molecule has 4 rings (SSSR count). The van der Waals surface area contributed by atoms with Crippen molar-refractivity contribution in [3.8, 4) is 5.75 Å². The van der Waals surface area contributed by atoms with Gasteiger partial charge in [0.2, 0.25) is 12.5 Å². The van der Waals surface area contributed by atoms with Crippen LogP contribution in [0.2, 0.25) is 0 Å². The number of thiazole rings is 1. The number of halogens is 1. The molecule has 0 aliphatic carbocycles. The van der Waals surface area contributed by atoms with Crippen LogP contribution in [0.5, 0.6) is 5.75 Å². The van der Waals surface area contributed by atoms with Crippen LogP contribution in [0.25, 0.3) is 10.2 Å². The Morgan fingerprint density at radius 3 is 2.96 bits per heavy atom. The summed E-state index contributed by atoms with van der Waals surface area (Å²) in [4.78, 5) is 13.1. The maximum Gasteiger partial charge on any atom is 0.263 e. The average Bonchev–Trinajstić information content (AvgIpc) is 3.37. The lowest BCUT2D eigenvalue weighted by molar-refractivity contribution is 0.202. The minimum absolute atomic E-state index is 0.189. The van der Waals surface area contributed by atoms with Gasteiger partial charge in [0.05, 0.1) is 33.8 Å². The van der Waals surface area contributed by atoms with E-state index in [1.165, 1.54) is 37.1 Å². The first kappa shape index (κ1) is 18.0. The van der Waals surface area contributed by atoms with Gasteiger partial charge < -0.3 is 14.0 Å². The first-order valence-corrected chi connectivity index (χ1v) is 9.02. The van der Waals surface area contributed by atoms with Gasteiger partial charge in [-0.25, -0.2) is 9.37 Å². The Labute approximate surface area is 162 Å². The van der Waals surface area contributed by atoms with Crippen LogP contribution >= 0.6 is 11.3 Å². The monoisotopic (exact) mass is 399 g/mol. The zero-order valence-electron chi connectivity index (χ0n) is 14.9. The van der Waals surface area contributed by atoms with Crippen LogP contribution in [0.4, 0.5) is 4.39 Å². The normalized spacial score (nSPS) is 12.5. The molecule has 0 spiro atoms. The number of nitrogens with zero attached hydrogens (tertiary/aromatic N) is 5. The summed E-state index contributed by atoms with van der Waals surface area (Å²) in [6.45, 7) is 1.91. The second kappa shape index (κ2) is 7.69. The Bertz CT molecular complexity index is 1130. The summed E-state index contributed by atoms with van der Waals surface area (Å²) in [6.07, 6.45) is 2.70. The minimum Gasteiger partial charge on any atom is -0.474 e. The molecule has 0 amide bonds. The van der Waals surface area contributed by atoms with Crippen molar-refractivity contribution in [2.45, 2.75) is 13.0 Å². The highest BCUT2D eigenvalue weighted by Gasteiger charge is 2.25. The quantitative estimate of drug-likeness (QED) is 0.360. The van der Waals surface area contributed by atoms with Gasteiger partial charge in [0.1, 0.15) is 18.7 Å². The molecule has 3 heterocycles. The molecule has 4 aromatic rings. The number of hydrogen-bond acceptors (Lipinski definition) is 9. The molecule has 142 valence electrons. The number of pyridine rings is 1. The maximum atomic E-state index is 14.0. The van der Waals surface area contributed by atoms with E-state index in [0.717, 1.165) is 22.0 Å². The van der Waals surface area contributed by atoms with Crippen LogP contribution in [0.1, 0.15) is 28.8 Å². The molecule has 0 bridgehead atoms. The van der Waals surface area contributed by atoms with E-state index in [9.17, 15) is 4.39 Å². The second-order valence-corrected chi connectivity index (χ2v) is 6.65. The maximum absolute atomic E-state index is 14.0. The molecule has 0 N–H and O–H groups in total. The minimum atomic E-state index is -0.832. The van der Waals surface area contributed by atoms with E-state index in [2.05, 4.69) is 30.2 Å². The van der Waals surface area contributed by atoms with Crippen LogP contribution in [0, 0.1) is 12.7 Å². The molecule has 1 aromatic carbocycles. The number of hydrogen-bond donors (Lipinski definition) is 0. The third kappa shape index (κ3) is 3.54. The van der Waals surface area contributed by atoms with Crippen LogP contribution in [-0.4, -0.2) is 33.5 Å². The van der Waals surface area contributed by atoms with Gasteiger partial charge in [-0.3, -0.25) is 4.98 Å². The predicted molar refractivity (Wildman–Crippen MR) is 99.9 cm³/mol. The molecule has 3 aromatic heterocycles. The van der Waals surface area contributed by atoms with Crippen molar-refractivity contribution < 1.29 is 18.4 Å². The zero-order valence-corrected chi connectivity index (χ0v) is 15.7. The third-order valence-electron chi connectivity index (χ3n) is 3.95. The smallest absolute Gasteiger partial charge is 0.263 e. The summed E-state index contributed by atoms with van der Waals surface area (Å²) in [5, 5.41) is 11.3. The molecule has 0 saturated heterocycles. The number of fused-ring (bicyclic) bond motifs is 1. The Kier molecular flexibility index (Phi) is 4.94. The van der Waals surface area contributed by atoms with Gasteiger partial charge in [-0.1, -0.05) is 5.16 Å². The molecule has 1 atom stereocenters. The number of oxime groups is 1. The fourth-order valence-corrected chi connectivity index (χ4v) is 3.29. The van der Waals surface area contributed by atoms with Crippen molar-refractivity contribution in [3.05, 3.63) is 64.8 Å². The van der Waals surface area contributed by atoms with Crippen molar-refractivity contribution >= 4 is 27.8 Å². The fourth-order valence-electron chi connectivity index (χ4n) is 2.60. The van der Waals surface area contributed by atoms with E-state index < -0.39 is 11.9 Å². The summed E-state index contributed by atoms with van der Waals surface area (Å²) >= 11 is 1.51. The van der Waals surface area contributed by atoms with Gasteiger partial charge in [0.15, 0.2) is 0 Å². The molecule has 0 saturated carbocycles. The third-order valence-corrected chi connectivity index (χ3v) is 4.74. The number of benzene rings is 1. The second-order valence-electron chi connectivity index (χ2n) is 5.76. The van der Waals surface area contributed by atoms with E-state index in [-0.39, 0.29) is 11.5 Å². The standard InChI is InChI=1S/C18H14FN5O3S/c1-10-3-13-16(28-9-21-13)5-15(10)27-17(18-24-22-8-26-18)14-4-11(6-23-25-2)12(19)7-20-14/h3-9,17H,1-2H3/b23-6+. The Balaban J connectivity index is 1.76. The average molecular weight is 399 g/mol. The molecule has 8 nitrogen and oxygen atoms in total. The van der Waals surface area contributed by atoms with Gasteiger partial charge in [-0.05, 0) is 30.7 Å². The molecule has 1 unspecified atom stereocenters. The lowest BCUT2D eigenvalue weighted by atomic mass is 10.1. The van der Waals surface area contributed by atoms with Gasteiger partial charge in [-0.2, -0.15) is 0 Å². The van der Waals surface area contributed by atoms with Crippen LogP contribution in [0.3, 0.4) is 0 Å². The summed E-state index contributed by atoms with van der Waals surface area (Å²) < 4.78 is 26.5. The molecule has 10 heteroatoms. The van der Waals surface area contributed by atoms with E-state index in [1.54, 1.807) is 5.51 Å². The molecule has 0 fully saturated rings. The highest BCUT2D eigenvalue weighted by atomic mass is 32.1. The highest BCUT2D eigenvalue weighted by molar-refractivity contribution is 7.16. The van der Waals surface area contributed by atoms with Crippen molar-refractivity contribution in [2.24, 2.45) is 5.16 Å². The molecule has 28 heavy (non-hydrogen) atoms. The molecular weight excluding hydrogens is 385 g/mol. The van der Waals surface area contributed by atoms with Gasteiger partial charge in [0.25, 0.3) is 5.89 Å². The number of aryl methyl sites for hydroxylation is 1. The first-order chi connectivity index (χ1) is 13.7. The van der Waals surface area contributed by atoms with Gasteiger partial charge >= 0.3 is 0 Å². The van der Waals surface area contributed by atoms with Crippen LogP contribution in [-0.2, 0) is 4.84 Å². The Hall–Kier alpha value is -3.40. The predicted octanol–water partition coefficient (Wildman–Crippen LogP) is 3.67. The molecule has 0 radical (unpaired) electrons. The van der Waals surface area contributed by atoms with Crippen LogP contribution < -0.4 is 4.74 Å².